The SMILES string of the molecule is C.O=S(=O)=Cc1ccccc1. The molecule has 1 rings (SSSR count). The molecular weight excluding hydrogens is 160 g/mol. The third-order valence-corrected chi connectivity index (χ3v) is 1.50. The quantitative estimate of drug-likeness (QED) is 0.596. The van der Waals surface area contributed by atoms with Crippen LogP contribution in [0.15, 0.2) is 30.3 Å². The minimum atomic E-state index is -2.09. The summed E-state index contributed by atoms with van der Waals surface area (Å²) in [6.07, 6.45) is 0. The zero-order valence-corrected chi connectivity index (χ0v) is 6.01. The molecule has 0 radical (unpaired) electrons. The zero-order chi connectivity index (χ0) is 7.40. The van der Waals surface area contributed by atoms with Gasteiger partial charge in [0.25, 0.3) is 0 Å². The molecule has 0 N–H and O–H groups in total. The fourth-order valence-electron chi connectivity index (χ4n) is 0.643. The van der Waals surface area contributed by atoms with Crippen LogP contribution < -0.4 is 0 Å². The molecule has 0 amide bonds. The zero-order valence-electron chi connectivity index (χ0n) is 5.19. The van der Waals surface area contributed by atoms with Crippen molar-refractivity contribution in [2.45, 2.75) is 7.43 Å². The molecule has 3 heteroatoms. The first-order valence-electron chi connectivity index (χ1n) is 2.77. The topological polar surface area (TPSA) is 34.1 Å². The average molecular weight is 170 g/mol. The van der Waals surface area contributed by atoms with Crippen LogP contribution in [0.1, 0.15) is 13.0 Å². The molecule has 0 saturated carbocycles. The third kappa shape index (κ3) is 3.57. The maximum atomic E-state index is 10.1. The van der Waals surface area contributed by atoms with Gasteiger partial charge < -0.3 is 0 Å². The Balaban J connectivity index is 0.000001000. The lowest BCUT2D eigenvalue weighted by atomic mass is 10.2. The van der Waals surface area contributed by atoms with Gasteiger partial charge in [0.2, 0.25) is 10.3 Å². The van der Waals surface area contributed by atoms with Crippen LogP contribution in [-0.4, -0.2) is 13.8 Å². The van der Waals surface area contributed by atoms with Gasteiger partial charge >= 0.3 is 0 Å². The molecule has 0 atom stereocenters. The smallest absolute Gasteiger partial charge is 0.185 e. The molecule has 0 bridgehead atoms. The van der Waals surface area contributed by atoms with Crippen molar-refractivity contribution in [1.82, 2.24) is 0 Å². The Kier molecular flexibility index (Phi) is 4.22. The predicted octanol–water partition coefficient (Wildman–Crippen LogP) is 1.35. The molecule has 1 aromatic rings. The summed E-state index contributed by atoms with van der Waals surface area (Å²) in [6, 6.07) is 8.88. The summed E-state index contributed by atoms with van der Waals surface area (Å²) >= 11 is 0. The van der Waals surface area contributed by atoms with E-state index < -0.39 is 10.3 Å². The van der Waals surface area contributed by atoms with Crippen molar-refractivity contribution < 1.29 is 8.42 Å². The van der Waals surface area contributed by atoms with Crippen LogP contribution >= 0.6 is 0 Å². The Morgan fingerprint density at radius 2 is 1.64 bits per heavy atom. The molecule has 0 aromatic heterocycles. The van der Waals surface area contributed by atoms with E-state index in [0.717, 1.165) is 0 Å². The Hall–Kier alpha value is -1.09. The van der Waals surface area contributed by atoms with Gasteiger partial charge in [0, 0.05) is 0 Å². The average Bonchev–Trinajstić information content (AvgIpc) is 1.88. The van der Waals surface area contributed by atoms with Crippen LogP contribution in [-0.2, 0) is 10.3 Å². The summed E-state index contributed by atoms with van der Waals surface area (Å²) < 4.78 is 20.2. The highest BCUT2D eigenvalue weighted by Gasteiger charge is 1.81. The van der Waals surface area contributed by atoms with Crippen molar-refractivity contribution in [3.8, 4) is 0 Å². The number of hydrogen-bond acceptors (Lipinski definition) is 2. The molecule has 0 aliphatic rings. The van der Waals surface area contributed by atoms with Crippen molar-refractivity contribution >= 4 is 15.7 Å². The molecule has 0 aliphatic carbocycles. The highest BCUT2D eigenvalue weighted by Crippen LogP contribution is 1.92. The van der Waals surface area contributed by atoms with Crippen LogP contribution in [0.4, 0.5) is 0 Å². The van der Waals surface area contributed by atoms with Crippen LogP contribution in [0.2, 0.25) is 0 Å². The van der Waals surface area contributed by atoms with Crippen LogP contribution in [0.25, 0.3) is 0 Å². The first-order chi connectivity index (χ1) is 4.79. The van der Waals surface area contributed by atoms with Gasteiger partial charge in [0.05, 0.1) is 5.37 Å². The second kappa shape index (κ2) is 4.68. The summed E-state index contributed by atoms with van der Waals surface area (Å²) in [5.41, 5.74) is 0.704. The van der Waals surface area contributed by atoms with Crippen LogP contribution in [0.3, 0.4) is 0 Å². The summed E-state index contributed by atoms with van der Waals surface area (Å²) in [6.45, 7) is 0. The van der Waals surface area contributed by atoms with Crippen molar-refractivity contribution in [3.05, 3.63) is 35.9 Å². The van der Waals surface area contributed by atoms with Gasteiger partial charge in [-0.1, -0.05) is 37.8 Å². The molecule has 0 spiro atoms. The summed E-state index contributed by atoms with van der Waals surface area (Å²) in [5, 5.41) is 1.17. The third-order valence-electron chi connectivity index (χ3n) is 1.03. The standard InChI is InChI=1S/C7H6O2S.CH4/c8-10(9)6-7-4-2-1-3-5-7;/h1-6H;1H4. The van der Waals surface area contributed by atoms with Gasteiger partial charge in [0.15, 0.2) is 0 Å². The van der Waals surface area contributed by atoms with E-state index >= 15 is 0 Å². The van der Waals surface area contributed by atoms with Crippen molar-refractivity contribution in [2.24, 2.45) is 0 Å². The fourth-order valence-corrected chi connectivity index (χ4v) is 1.02. The first kappa shape index (κ1) is 9.91. The van der Waals surface area contributed by atoms with Crippen LogP contribution in [0, 0.1) is 0 Å². The first-order valence-corrected chi connectivity index (χ1v) is 3.91. The highest BCUT2D eigenvalue weighted by atomic mass is 32.2. The van der Waals surface area contributed by atoms with Gasteiger partial charge in [-0.05, 0) is 5.56 Å². The van der Waals surface area contributed by atoms with E-state index in [-0.39, 0.29) is 7.43 Å². The summed E-state index contributed by atoms with van der Waals surface area (Å²) in [7, 11) is -2.09. The minimum Gasteiger partial charge on any atom is -0.185 e. The van der Waals surface area contributed by atoms with Gasteiger partial charge in [-0.2, -0.15) is 8.42 Å². The number of hydrogen-bond donors (Lipinski definition) is 0. The number of benzene rings is 1. The molecule has 0 heterocycles. The van der Waals surface area contributed by atoms with E-state index in [1.165, 1.54) is 5.37 Å². The van der Waals surface area contributed by atoms with E-state index in [0.29, 0.717) is 5.56 Å². The Morgan fingerprint density at radius 1 is 1.09 bits per heavy atom. The van der Waals surface area contributed by atoms with E-state index in [2.05, 4.69) is 0 Å². The van der Waals surface area contributed by atoms with E-state index in [9.17, 15) is 8.42 Å². The van der Waals surface area contributed by atoms with E-state index in [4.69, 9.17) is 0 Å². The second-order valence-electron chi connectivity index (χ2n) is 1.79. The molecule has 0 fully saturated rings. The lowest BCUT2D eigenvalue weighted by Gasteiger charge is -1.83. The molecule has 60 valence electrons. The lowest BCUT2D eigenvalue weighted by molar-refractivity contribution is 0.627. The van der Waals surface area contributed by atoms with E-state index in [1.54, 1.807) is 24.3 Å². The molecule has 0 unspecified atom stereocenters. The van der Waals surface area contributed by atoms with Gasteiger partial charge in [0.1, 0.15) is 0 Å². The highest BCUT2D eigenvalue weighted by molar-refractivity contribution is 7.71. The van der Waals surface area contributed by atoms with Crippen molar-refractivity contribution in [3.63, 3.8) is 0 Å². The Bertz CT molecular complexity index is 316. The van der Waals surface area contributed by atoms with Crippen molar-refractivity contribution in [1.29, 1.82) is 0 Å². The molecule has 1 aromatic carbocycles. The van der Waals surface area contributed by atoms with Crippen molar-refractivity contribution in [2.75, 3.05) is 0 Å². The van der Waals surface area contributed by atoms with Gasteiger partial charge in [-0.3, -0.25) is 0 Å². The molecule has 0 saturated heterocycles. The maximum absolute atomic E-state index is 10.1. The van der Waals surface area contributed by atoms with Gasteiger partial charge in [-0.15, -0.1) is 0 Å². The monoisotopic (exact) mass is 170 g/mol. The normalized spacial score (nSPS) is 8.00. The summed E-state index contributed by atoms with van der Waals surface area (Å²) in [5.74, 6) is 0. The largest absolute Gasteiger partial charge is 0.214 e. The number of rotatable bonds is 1. The molecule has 2 nitrogen and oxygen atoms in total. The van der Waals surface area contributed by atoms with Gasteiger partial charge in [-0.25, -0.2) is 0 Å². The fraction of sp³-hybridized carbons (Fsp3) is 0.125. The summed E-state index contributed by atoms with van der Waals surface area (Å²) in [4.78, 5) is 0. The maximum Gasteiger partial charge on any atom is 0.214 e. The molecule has 0 aliphatic heterocycles. The Labute approximate surface area is 68.0 Å². The molecule has 11 heavy (non-hydrogen) atoms. The van der Waals surface area contributed by atoms with E-state index in [1.807, 2.05) is 6.07 Å². The second-order valence-corrected chi connectivity index (χ2v) is 2.55. The predicted molar refractivity (Wildman–Crippen MR) is 47.3 cm³/mol. The molecular formula is C8H10O2S. The van der Waals surface area contributed by atoms with Crippen LogP contribution in [0.5, 0.6) is 0 Å². The minimum absolute atomic E-state index is 0. The Morgan fingerprint density at radius 3 is 2.09 bits per heavy atom. The lowest BCUT2D eigenvalue weighted by Crippen LogP contribution is -1.78.